The molecular weight excluding hydrogens is 556 g/mol. The Morgan fingerprint density at radius 3 is 1.95 bits per heavy atom. The number of carbonyl (C=O) groups excluding carboxylic acids is 1. The summed E-state index contributed by atoms with van der Waals surface area (Å²) >= 11 is 0. The van der Waals surface area contributed by atoms with Gasteiger partial charge in [0.05, 0.1) is 33.5 Å². The second-order valence-corrected chi connectivity index (χ2v) is 10.3. The summed E-state index contributed by atoms with van der Waals surface area (Å²) < 4.78 is 29.2. The molecule has 1 heterocycles. The molecule has 0 saturated carbocycles. The van der Waals surface area contributed by atoms with Gasteiger partial charge in [0.25, 0.3) is 0 Å². The molecule has 0 saturated heterocycles. The molecule has 7 heteroatoms. The smallest absolute Gasteiger partial charge is 0.339 e. The molecule has 0 unspecified atom stereocenters. The summed E-state index contributed by atoms with van der Waals surface area (Å²) in [6.45, 7) is 0.0197. The Hall–Kier alpha value is -5.27. The van der Waals surface area contributed by atoms with Crippen LogP contribution in [-0.2, 0) is 10.3 Å². The van der Waals surface area contributed by atoms with E-state index in [1.54, 1.807) is 14.2 Å². The Labute approximate surface area is 255 Å². The highest BCUT2D eigenvalue weighted by molar-refractivity contribution is 6.14. The molecule has 5 aromatic carbocycles. The molecule has 0 aromatic heterocycles. The molecule has 0 aliphatic carbocycles. The van der Waals surface area contributed by atoms with Gasteiger partial charge < -0.3 is 28.8 Å². The van der Waals surface area contributed by atoms with Gasteiger partial charge in [-0.05, 0) is 65.6 Å². The van der Waals surface area contributed by atoms with E-state index in [1.807, 2.05) is 109 Å². The van der Waals surface area contributed by atoms with Crippen LogP contribution in [0.2, 0.25) is 0 Å². The van der Waals surface area contributed by atoms with E-state index in [4.69, 9.17) is 23.7 Å². The van der Waals surface area contributed by atoms with E-state index in [9.17, 15) is 9.90 Å². The predicted octanol–water partition coefficient (Wildman–Crippen LogP) is 7.03. The third-order valence-corrected chi connectivity index (χ3v) is 7.87. The molecule has 0 bridgehead atoms. The number of ether oxygens (including phenoxy) is 5. The molecule has 1 aliphatic rings. The number of hydrogen-bond acceptors (Lipinski definition) is 7. The Morgan fingerprint density at radius 2 is 1.39 bits per heavy atom. The number of esters is 1. The highest BCUT2D eigenvalue weighted by Crippen LogP contribution is 2.50. The summed E-state index contributed by atoms with van der Waals surface area (Å²) in [5.74, 6) is 2.03. The van der Waals surface area contributed by atoms with Crippen LogP contribution in [0.1, 0.15) is 27.0 Å². The first-order valence-electron chi connectivity index (χ1n) is 14.2. The van der Waals surface area contributed by atoms with Crippen LogP contribution in [0.15, 0.2) is 103 Å². The minimum Gasteiger partial charge on any atom is -0.497 e. The van der Waals surface area contributed by atoms with Crippen molar-refractivity contribution >= 4 is 22.8 Å². The summed E-state index contributed by atoms with van der Waals surface area (Å²) in [6, 6.07) is 30.8. The minimum absolute atomic E-state index is 0.121. The second kappa shape index (κ2) is 12.1. The van der Waals surface area contributed by atoms with E-state index in [0.717, 1.165) is 44.5 Å². The Kier molecular flexibility index (Phi) is 7.96. The third-order valence-electron chi connectivity index (χ3n) is 7.87. The fourth-order valence-corrected chi connectivity index (χ4v) is 5.75. The topological polar surface area (TPSA) is 83.5 Å². The SMILES string of the molecule is COC(=O)c1c2c(c3cc(OCCO)ccc3c1-c1ccccc1)OC(c1ccc(OC)cc1)(c1ccc(OC)cc1)C=C2. The van der Waals surface area contributed by atoms with Crippen LogP contribution in [0.5, 0.6) is 23.0 Å². The van der Waals surface area contributed by atoms with Gasteiger partial charge in [0.1, 0.15) is 29.6 Å². The Bertz CT molecular complexity index is 1780. The molecule has 0 radical (unpaired) electrons. The average molecular weight is 589 g/mol. The third kappa shape index (κ3) is 5.01. The zero-order valence-corrected chi connectivity index (χ0v) is 24.7. The molecule has 5 aromatic rings. The highest BCUT2D eigenvalue weighted by atomic mass is 16.5. The molecule has 7 nitrogen and oxygen atoms in total. The Balaban J connectivity index is 1.68. The molecule has 0 amide bonds. The van der Waals surface area contributed by atoms with Crippen molar-refractivity contribution in [2.45, 2.75) is 5.60 Å². The maximum atomic E-state index is 13.6. The molecule has 6 rings (SSSR count). The number of hydrogen-bond donors (Lipinski definition) is 1. The van der Waals surface area contributed by atoms with Crippen molar-refractivity contribution in [1.29, 1.82) is 0 Å². The number of carbonyl (C=O) groups is 1. The number of methoxy groups -OCH3 is 3. The van der Waals surface area contributed by atoms with Crippen LogP contribution in [0.25, 0.3) is 28.0 Å². The highest BCUT2D eigenvalue weighted by Gasteiger charge is 2.40. The summed E-state index contributed by atoms with van der Waals surface area (Å²) in [4.78, 5) is 13.6. The van der Waals surface area contributed by atoms with Crippen LogP contribution in [0.4, 0.5) is 0 Å². The quantitative estimate of drug-likeness (QED) is 0.185. The molecule has 1 aliphatic heterocycles. The van der Waals surface area contributed by atoms with E-state index in [1.165, 1.54) is 7.11 Å². The number of fused-ring (bicyclic) bond motifs is 3. The summed E-state index contributed by atoms with van der Waals surface area (Å²) in [6.07, 6.45) is 3.91. The number of benzene rings is 5. The van der Waals surface area contributed by atoms with Gasteiger partial charge >= 0.3 is 5.97 Å². The lowest BCUT2D eigenvalue weighted by Gasteiger charge is -2.37. The van der Waals surface area contributed by atoms with Gasteiger partial charge in [0, 0.05) is 27.6 Å². The molecular formula is C37H32O7. The summed E-state index contributed by atoms with van der Waals surface area (Å²) in [5.41, 5.74) is 3.24. The fourth-order valence-electron chi connectivity index (χ4n) is 5.75. The van der Waals surface area contributed by atoms with Crippen LogP contribution < -0.4 is 18.9 Å². The second-order valence-electron chi connectivity index (χ2n) is 10.3. The Morgan fingerprint density at radius 1 is 0.773 bits per heavy atom. The van der Waals surface area contributed by atoms with Crippen molar-refractivity contribution in [1.82, 2.24) is 0 Å². The molecule has 222 valence electrons. The lowest BCUT2D eigenvalue weighted by molar-refractivity contribution is 0.0600. The van der Waals surface area contributed by atoms with E-state index >= 15 is 0 Å². The van der Waals surface area contributed by atoms with Crippen molar-refractivity contribution in [2.24, 2.45) is 0 Å². The maximum absolute atomic E-state index is 13.6. The number of rotatable bonds is 9. The monoisotopic (exact) mass is 588 g/mol. The van der Waals surface area contributed by atoms with Gasteiger partial charge in [-0.3, -0.25) is 0 Å². The first-order chi connectivity index (χ1) is 21.5. The summed E-state index contributed by atoms with van der Waals surface area (Å²) in [7, 11) is 4.64. The van der Waals surface area contributed by atoms with Crippen LogP contribution in [0, 0.1) is 0 Å². The normalized spacial score (nSPS) is 13.1. The molecule has 1 N–H and O–H groups in total. The predicted molar refractivity (Wildman–Crippen MR) is 170 cm³/mol. The number of aliphatic hydroxyl groups is 1. The van der Waals surface area contributed by atoms with Crippen molar-refractivity contribution in [3.63, 3.8) is 0 Å². The fraction of sp³-hybridized carbons (Fsp3) is 0.162. The lowest BCUT2D eigenvalue weighted by atomic mass is 9.81. The largest absolute Gasteiger partial charge is 0.497 e. The van der Waals surface area contributed by atoms with Crippen molar-refractivity contribution < 1.29 is 33.6 Å². The standard InChI is InChI=1S/C37H32O7/c1-40-27-13-9-25(10-14-27)37(26-11-15-28(41-2)16-12-26)20-19-31-34(36(39)42-3)33(24-7-5-4-6-8-24)30-18-17-29(43-22-21-38)23-32(30)35(31)44-37/h4-20,23,38H,21-22H2,1-3H3. The first kappa shape index (κ1) is 28.8. The van der Waals surface area contributed by atoms with E-state index in [2.05, 4.69) is 0 Å². The van der Waals surface area contributed by atoms with Gasteiger partial charge in [-0.1, -0.05) is 54.6 Å². The van der Waals surface area contributed by atoms with Crippen molar-refractivity contribution in [3.05, 3.63) is 125 Å². The minimum atomic E-state index is -1.07. The van der Waals surface area contributed by atoms with Gasteiger partial charge in [-0.15, -0.1) is 0 Å². The summed E-state index contributed by atoms with van der Waals surface area (Å²) in [5, 5.41) is 11.0. The van der Waals surface area contributed by atoms with Gasteiger partial charge in [-0.2, -0.15) is 0 Å². The van der Waals surface area contributed by atoms with Crippen molar-refractivity contribution in [2.75, 3.05) is 34.5 Å². The van der Waals surface area contributed by atoms with Gasteiger partial charge in [0.15, 0.2) is 5.60 Å². The maximum Gasteiger partial charge on any atom is 0.339 e. The van der Waals surface area contributed by atoms with E-state index in [-0.39, 0.29) is 13.2 Å². The zero-order chi connectivity index (χ0) is 30.7. The zero-order valence-electron chi connectivity index (χ0n) is 24.7. The van der Waals surface area contributed by atoms with E-state index in [0.29, 0.717) is 22.6 Å². The van der Waals surface area contributed by atoms with Gasteiger partial charge in [-0.25, -0.2) is 4.79 Å². The molecule has 0 fully saturated rings. The lowest BCUT2D eigenvalue weighted by Crippen LogP contribution is -2.34. The van der Waals surface area contributed by atoms with Crippen LogP contribution in [-0.4, -0.2) is 45.6 Å². The van der Waals surface area contributed by atoms with E-state index < -0.39 is 11.6 Å². The van der Waals surface area contributed by atoms with Gasteiger partial charge in [0.2, 0.25) is 0 Å². The molecule has 0 spiro atoms. The molecule has 0 atom stereocenters. The van der Waals surface area contributed by atoms with Crippen molar-refractivity contribution in [3.8, 4) is 34.1 Å². The average Bonchev–Trinajstić information content (AvgIpc) is 3.10. The van der Waals surface area contributed by atoms with Crippen LogP contribution >= 0.6 is 0 Å². The first-order valence-corrected chi connectivity index (χ1v) is 14.2. The molecule has 44 heavy (non-hydrogen) atoms. The number of aliphatic hydroxyl groups excluding tert-OH is 1. The van der Waals surface area contributed by atoms with Crippen LogP contribution in [0.3, 0.4) is 0 Å².